The van der Waals surface area contributed by atoms with Crippen LogP contribution in [0.15, 0.2) is 18.2 Å². The molecule has 1 aliphatic rings. The van der Waals surface area contributed by atoms with Crippen LogP contribution in [0.4, 0.5) is 0 Å². The molecule has 2 N–H and O–H groups in total. The Kier molecular flexibility index (Phi) is 8.00. The third kappa shape index (κ3) is 6.84. The van der Waals surface area contributed by atoms with E-state index in [1.807, 2.05) is 19.9 Å². The molecule has 25 heavy (non-hydrogen) atoms. The van der Waals surface area contributed by atoms with Crippen molar-refractivity contribution in [3.63, 3.8) is 0 Å². The van der Waals surface area contributed by atoms with Crippen molar-refractivity contribution < 1.29 is 9.47 Å². The predicted octanol–water partition coefficient (Wildman–Crippen LogP) is 2.73. The highest BCUT2D eigenvalue weighted by Crippen LogP contribution is 2.28. The van der Waals surface area contributed by atoms with E-state index in [-0.39, 0.29) is 12.2 Å². The minimum absolute atomic E-state index is 0.154. The second-order valence-corrected chi connectivity index (χ2v) is 7.36. The van der Waals surface area contributed by atoms with Crippen LogP contribution in [0.2, 0.25) is 0 Å². The number of hydrogen-bond donors (Lipinski definition) is 1. The largest absolute Gasteiger partial charge is 0.491 e. The lowest BCUT2D eigenvalue weighted by Gasteiger charge is -2.35. The first-order valence-corrected chi connectivity index (χ1v) is 9.59. The van der Waals surface area contributed by atoms with Gasteiger partial charge < -0.3 is 20.1 Å². The van der Waals surface area contributed by atoms with Crippen LogP contribution in [0.25, 0.3) is 0 Å². The molecule has 1 aromatic rings. The van der Waals surface area contributed by atoms with Crippen LogP contribution in [0.3, 0.4) is 0 Å². The quantitative estimate of drug-likeness (QED) is 0.743. The van der Waals surface area contributed by atoms with Crippen molar-refractivity contribution in [2.45, 2.75) is 52.9 Å². The standard InChI is InChI=1S/C20H35N3O2/c1-16(2)24-19-7-6-18(20(14-19)25-17(3)4)15-23-12-10-22(11-13-23)9-5-8-21/h6-7,14,16-17H,5,8-13,15,21H2,1-4H3. The number of nitrogens with two attached hydrogens (primary N) is 1. The maximum Gasteiger partial charge on any atom is 0.127 e. The maximum absolute atomic E-state index is 6.05. The van der Waals surface area contributed by atoms with Crippen LogP contribution in [0.5, 0.6) is 11.5 Å². The lowest BCUT2D eigenvalue weighted by atomic mass is 10.1. The number of benzene rings is 1. The summed E-state index contributed by atoms with van der Waals surface area (Å²) in [6, 6.07) is 6.24. The molecule has 1 fully saturated rings. The van der Waals surface area contributed by atoms with E-state index in [4.69, 9.17) is 15.2 Å². The summed E-state index contributed by atoms with van der Waals surface area (Å²) in [6.07, 6.45) is 1.41. The van der Waals surface area contributed by atoms with Gasteiger partial charge in [-0.2, -0.15) is 0 Å². The molecular weight excluding hydrogens is 314 g/mol. The van der Waals surface area contributed by atoms with Crippen molar-refractivity contribution in [2.24, 2.45) is 5.73 Å². The van der Waals surface area contributed by atoms with Crippen LogP contribution in [-0.4, -0.2) is 61.3 Å². The highest BCUT2D eigenvalue weighted by atomic mass is 16.5. The number of rotatable bonds is 9. The third-order valence-electron chi connectivity index (χ3n) is 4.31. The zero-order chi connectivity index (χ0) is 18.2. The molecule has 0 aliphatic carbocycles. The summed E-state index contributed by atoms with van der Waals surface area (Å²) in [6.45, 7) is 15.5. The Morgan fingerprint density at radius 2 is 1.60 bits per heavy atom. The van der Waals surface area contributed by atoms with E-state index in [9.17, 15) is 0 Å². The van der Waals surface area contributed by atoms with E-state index < -0.39 is 0 Å². The lowest BCUT2D eigenvalue weighted by Crippen LogP contribution is -2.46. The molecule has 0 unspecified atom stereocenters. The highest BCUT2D eigenvalue weighted by molar-refractivity contribution is 5.41. The fraction of sp³-hybridized carbons (Fsp3) is 0.700. The van der Waals surface area contributed by atoms with Crippen LogP contribution in [0, 0.1) is 0 Å². The van der Waals surface area contributed by atoms with Gasteiger partial charge in [0.15, 0.2) is 0 Å². The van der Waals surface area contributed by atoms with Gasteiger partial charge in [0, 0.05) is 44.4 Å². The maximum atomic E-state index is 6.05. The number of ether oxygens (including phenoxy) is 2. The van der Waals surface area contributed by atoms with Crippen molar-refractivity contribution >= 4 is 0 Å². The Morgan fingerprint density at radius 3 is 2.20 bits per heavy atom. The van der Waals surface area contributed by atoms with Gasteiger partial charge in [0.25, 0.3) is 0 Å². The monoisotopic (exact) mass is 349 g/mol. The van der Waals surface area contributed by atoms with Gasteiger partial charge in [-0.15, -0.1) is 0 Å². The summed E-state index contributed by atoms with van der Waals surface area (Å²) in [5.41, 5.74) is 6.85. The first-order chi connectivity index (χ1) is 12.0. The Hall–Kier alpha value is -1.30. The van der Waals surface area contributed by atoms with Gasteiger partial charge in [0.05, 0.1) is 12.2 Å². The van der Waals surface area contributed by atoms with Crippen LogP contribution < -0.4 is 15.2 Å². The van der Waals surface area contributed by atoms with Crippen molar-refractivity contribution in [2.75, 3.05) is 39.3 Å². The van der Waals surface area contributed by atoms with Crippen molar-refractivity contribution in [3.05, 3.63) is 23.8 Å². The molecule has 142 valence electrons. The SMILES string of the molecule is CC(C)Oc1ccc(CN2CCN(CCCN)CC2)c(OC(C)C)c1. The van der Waals surface area contributed by atoms with E-state index in [0.717, 1.165) is 63.7 Å². The summed E-state index contributed by atoms with van der Waals surface area (Å²) in [4.78, 5) is 5.01. The summed E-state index contributed by atoms with van der Waals surface area (Å²) < 4.78 is 11.9. The van der Waals surface area contributed by atoms with Crippen LogP contribution in [0.1, 0.15) is 39.7 Å². The zero-order valence-electron chi connectivity index (χ0n) is 16.3. The molecule has 0 amide bonds. The molecule has 2 rings (SSSR count). The minimum Gasteiger partial charge on any atom is -0.491 e. The normalized spacial score (nSPS) is 16.6. The molecule has 0 saturated carbocycles. The fourth-order valence-corrected chi connectivity index (χ4v) is 3.10. The molecular formula is C20H35N3O2. The van der Waals surface area contributed by atoms with Crippen molar-refractivity contribution in [3.8, 4) is 11.5 Å². The number of hydrogen-bond acceptors (Lipinski definition) is 5. The molecule has 1 aromatic carbocycles. The summed E-state index contributed by atoms with van der Waals surface area (Å²) >= 11 is 0. The summed E-state index contributed by atoms with van der Waals surface area (Å²) in [7, 11) is 0. The second-order valence-electron chi connectivity index (χ2n) is 7.36. The molecule has 0 bridgehead atoms. The van der Waals surface area contributed by atoms with Crippen molar-refractivity contribution in [1.82, 2.24) is 9.80 Å². The average Bonchev–Trinajstić information content (AvgIpc) is 2.55. The van der Waals surface area contributed by atoms with Crippen LogP contribution >= 0.6 is 0 Å². The minimum atomic E-state index is 0.154. The molecule has 1 saturated heterocycles. The molecule has 1 heterocycles. The molecule has 5 nitrogen and oxygen atoms in total. The van der Waals surface area contributed by atoms with Gasteiger partial charge >= 0.3 is 0 Å². The molecule has 0 spiro atoms. The smallest absolute Gasteiger partial charge is 0.127 e. The summed E-state index contributed by atoms with van der Waals surface area (Å²) in [5.74, 6) is 1.82. The van der Waals surface area contributed by atoms with E-state index >= 15 is 0 Å². The van der Waals surface area contributed by atoms with E-state index in [0.29, 0.717) is 0 Å². The average molecular weight is 350 g/mol. The molecule has 0 atom stereocenters. The lowest BCUT2D eigenvalue weighted by molar-refractivity contribution is 0.125. The van der Waals surface area contributed by atoms with Gasteiger partial charge in [-0.05, 0) is 53.3 Å². The predicted molar refractivity (Wildman–Crippen MR) is 103 cm³/mol. The van der Waals surface area contributed by atoms with Crippen molar-refractivity contribution in [1.29, 1.82) is 0 Å². The van der Waals surface area contributed by atoms with Gasteiger partial charge in [-0.3, -0.25) is 4.90 Å². The molecule has 1 aliphatic heterocycles. The second kappa shape index (κ2) is 10.00. The molecule has 0 aromatic heterocycles. The Bertz CT molecular complexity index is 512. The number of piperazine rings is 1. The summed E-state index contributed by atoms with van der Waals surface area (Å²) in [5, 5.41) is 0. The highest BCUT2D eigenvalue weighted by Gasteiger charge is 2.18. The molecule has 5 heteroatoms. The van der Waals surface area contributed by atoms with E-state index in [1.165, 1.54) is 5.56 Å². The van der Waals surface area contributed by atoms with Gasteiger partial charge in [0.2, 0.25) is 0 Å². The van der Waals surface area contributed by atoms with E-state index in [1.54, 1.807) is 0 Å². The third-order valence-corrected chi connectivity index (χ3v) is 4.31. The fourth-order valence-electron chi connectivity index (χ4n) is 3.10. The first kappa shape index (κ1) is 20.0. The van der Waals surface area contributed by atoms with Crippen LogP contribution in [-0.2, 0) is 6.54 Å². The molecule has 0 radical (unpaired) electrons. The topological polar surface area (TPSA) is 51.0 Å². The Balaban J connectivity index is 1.98. The zero-order valence-corrected chi connectivity index (χ0v) is 16.3. The van der Waals surface area contributed by atoms with Gasteiger partial charge in [-0.25, -0.2) is 0 Å². The number of nitrogens with zero attached hydrogens (tertiary/aromatic N) is 2. The van der Waals surface area contributed by atoms with Gasteiger partial charge in [-0.1, -0.05) is 6.07 Å². The van der Waals surface area contributed by atoms with Gasteiger partial charge in [0.1, 0.15) is 11.5 Å². The first-order valence-electron chi connectivity index (χ1n) is 9.59. The Morgan fingerprint density at radius 1 is 0.960 bits per heavy atom. The Labute approximate surface area is 153 Å². The van der Waals surface area contributed by atoms with E-state index in [2.05, 4.69) is 35.8 Å².